The molecule has 1 fully saturated rings. The van der Waals surface area contributed by atoms with Crippen LogP contribution in [0.2, 0.25) is 0 Å². The maximum absolute atomic E-state index is 12.2. The summed E-state index contributed by atoms with van der Waals surface area (Å²) in [4.78, 5) is 14.1. The van der Waals surface area contributed by atoms with Crippen LogP contribution in [-0.4, -0.2) is 29.9 Å². The fourth-order valence-electron chi connectivity index (χ4n) is 2.90. The molecule has 0 spiro atoms. The molecule has 0 saturated heterocycles. The Hall–Kier alpha value is -0.570. The first kappa shape index (κ1) is 15.5. The number of rotatable bonds is 4. The summed E-state index contributed by atoms with van der Waals surface area (Å²) in [5, 5.41) is 0. The molecule has 1 aliphatic rings. The van der Waals surface area contributed by atoms with E-state index in [0.29, 0.717) is 12.5 Å². The minimum absolute atomic E-state index is 0.0106. The first-order chi connectivity index (χ1) is 8.29. The lowest BCUT2D eigenvalue weighted by atomic mass is 9.87. The van der Waals surface area contributed by atoms with Crippen LogP contribution >= 0.6 is 0 Å². The molecule has 0 bridgehead atoms. The van der Waals surface area contributed by atoms with Crippen molar-refractivity contribution in [2.75, 3.05) is 7.05 Å². The Labute approximate surface area is 112 Å². The lowest BCUT2D eigenvalue weighted by molar-refractivity contribution is -0.133. The zero-order valence-corrected chi connectivity index (χ0v) is 12.5. The van der Waals surface area contributed by atoms with E-state index in [4.69, 9.17) is 5.73 Å². The molecular formula is C15H30N2O. The molecule has 3 heteroatoms. The van der Waals surface area contributed by atoms with Gasteiger partial charge in [0.2, 0.25) is 5.91 Å². The van der Waals surface area contributed by atoms with Crippen LogP contribution in [-0.2, 0) is 4.79 Å². The van der Waals surface area contributed by atoms with Gasteiger partial charge in [0.25, 0.3) is 0 Å². The van der Waals surface area contributed by atoms with Crippen molar-refractivity contribution in [1.82, 2.24) is 4.90 Å². The first-order valence-electron chi connectivity index (χ1n) is 7.31. The Kier molecular flexibility index (Phi) is 5.64. The molecule has 106 valence electrons. The number of amides is 1. The van der Waals surface area contributed by atoms with Crippen molar-refractivity contribution < 1.29 is 4.79 Å². The summed E-state index contributed by atoms with van der Waals surface area (Å²) < 4.78 is 0. The maximum Gasteiger partial charge on any atom is 0.224 e. The third kappa shape index (κ3) is 5.38. The van der Waals surface area contributed by atoms with Crippen molar-refractivity contribution in [1.29, 1.82) is 0 Å². The van der Waals surface area contributed by atoms with Crippen LogP contribution in [0.25, 0.3) is 0 Å². The quantitative estimate of drug-likeness (QED) is 0.838. The second-order valence-corrected chi connectivity index (χ2v) is 7.03. The van der Waals surface area contributed by atoms with E-state index in [1.165, 1.54) is 19.3 Å². The molecule has 1 aliphatic carbocycles. The molecule has 0 radical (unpaired) electrons. The third-order valence-electron chi connectivity index (χ3n) is 3.83. The van der Waals surface area contributed by atoms with Crippen molar-refractivity contribution in [3.05, 3.63) is 0 Å². The minimum atomic E-state index is -0.0106. The van der Waals surface area contributed by atoms with E-state index < -0.39 is 0 Å². The van der Waals surface area contributed by atoms with Gasteiger partial charge in [0.15, 0.2) is 0 Å². The fraction of sp³-hybridized carbons (Fsp3) is 0.933. The van der Waals surface area contributed by atoms with Gasteiger partial charge in [0, 0.05) is 25.6 Å². The topological polar surface area (TPSA) is 46.3 Å². The summed E-state index contributed by atoms with van der Waals surface area (Å²) in [6, 6.07) is 0.441. The average molecular weight is 254 g/mol. The molecule has 0 aromatic carbocycles. The van der Waals surface area contributed by atoms with Gasteiger partial charge in [-0.1, -0.05) is 40.0 Å². The molecule has 1 amide bonds. The highest BCUT2D eigenvalue weighted by molar-refractivity contribution is 5.76. The standard InChI is InChI=1S/C15H30N2O/c1-15(2,3)11-12(16)10-14(18)17(4)13-8-6-5-7-9-13/h12-13H,5-11,16H2,1-4H3. The van der Waals surface area contributed by atoms with Gasteiger partial charge >= 0.3 is 0 Å². The van der Waals surface area contributed by atoms with E-state index >= 15 is 0 Å². The summed E-state index contributed by atoms with van der Waals surface area (Å²) >= 11 is 0. The molecule has 1 rings (SSSR count). The van der Waals surface area contributed by atoms with Crippen molar-refractivity contribution >= 4 is 5.91 Å². The normalized spacial score (nSPS) is 19.6. The van der Waals surface area contributed by atoms with Crippen LogP contribution in [0.15, 0.2) is 0 Å². The number of nitrogens with two attached hydrogens (primary N) is 1. The van der Waals surface area contributed by atoms with Gasteiger partial charge in [-0.05, 0) is 24.7 Å². The largest absolute Gasteiger partial charge is 0.343 e. The van der Waals surface area contributed by atoms with Crippen LogP contribution in [0.4, 0.5) is 0 Å². The van der Waals surface area contributed by atoms with Crippen LogP contribution in [0.5, 0.6) is 0 Å². The minimum Gasteiger partial charge on any atom is -0.343 e. The lowest BCUT2D eigenvalue weighted by Crippen LogP contribution is -2.41. The van der Waals surface area contributed by atoms with E-state index in [0.717, 1.165) is 19.3 Å². The summed E-state index contributed by atoms with van der Waals surface area (Å²) in [5.74, 6) is 0.221. The molecule has 0 aliphatic heterocycles. The predicted molar refractivity (Wildman–Crippen MR) is 76.3 cm³/mol. The number of hydrogen-bond acceptors (Lipinski definition) is 2. The van der Waals surface area contributed by atoms with Gasteiger partial charge in [0.05, 0.1) is 0 Å². The Morgan fingerprint density at radius 2 is 1.83 bits per heavy atom. The molecule has 1 atom stereocenters. The summed E-state index contributed by atoms with van der Waals surface area (Å²) in [7, 11) is 1.95. The number of carbonyl (C=O) groups is 1. The Balaban J connectivity index is 2.39. The second-order valence-electron chi connectivity index (χ2n) is 7.03. The average Bonchev–Trinajstić information content (AvgIpc) is 2.26. The maximum atomic E-state index is 12.2. The van der Waals surface area contributed by atoms with E-state index in [2.05, 4.69) is 20.8 Å². The predicted octanol–water partition coefficient (Wildman–Crippen LogP) is 2.93. The van der Waals surface area contributed by atoms with Crippen LogP contribution in [0.1, 0.15) is 65.7 Å². The molecular weight excluding hydrogens is 224 g/mol. The second kappa shape index (κ2) is 6.55. The number of hydrogen-bond donors (Lipinski definition) is 1. The van der Waals surface area contributed by atoms with Crippen LogP contribution in [0, 0.1) is 5.41 Å². The zero-order chi connectivity index (χ0) is 13.8. The first-order valence-corrected chi connectivity index (χ1v) is 7.31. The molecule has 2 N–H and O–H groups in total. The highest BCUT2D eigenvalue weighted by Crippen LogP contribution is 2.24. The van der Waals surface area contributed by atoms with E-state index in [1.54, 1.807) is 0 Å². The highest BCUT2D eigenvalue weighted by atomic mass is 16.2. The van der Waals surface area contributed by atoms with E-state index in [-0.39, 0.29) is 17.4 Å². The molecule has 1 saturated carbocycles. The Morgan fingerprint density at radius 1 is 1.28 bits per heavy atom. The monoisotopic (exact) mass is 254 g/mol. The summed E-state index contributed by atoms with van der Waals surface area (Å²) in [6.07, 6.45) is 7.56. The Bertz CT molecular complexity index is 264. The van der Waals surface area contributed by atoms with Gasteiger partial charge in [-0.25, -0.2) is 0 Å². The van der Waals surface area contributed by atoms with Crippen LogP contribution in [0.3, 0.4) is 0 Å². The molecule has 3 nitrogen and oxygen atoms in total. The van der Waals surface area contributed by atoms with Gasteiger partial charge in [-0.15, -0.1) is 0 Å². The van der Waals surface area contributed by atoms with Gasteiger partial charge < -0.3 is 10.6 Å². The number of nitrogens with zero attached hydrogens (tertiary/aromatic N) is 1. The lowest BCUT2D eigenvalue weighted by Gasteiger charge is -2.32. The molecule has 0 aromatic rings. The van der Waals surface area contributed by atoms with Gasteiger partial charge in [-0.2, -0.15) is 0 Å². The Morgan fingerprint density at radius 3 is 2.33 bits per heavy atom. The molecule has 0 heterocycles. The highest BCUT2D eigenvalue weighted by Gasteiger charge is 2.24. The van der Waals surface area contributed by atoms with Crippen molar-refractivity contribution in [2.45, 2.75) is 77.8 Å². The smallest absolute Gasteiger partial charge is 0.224 e. The fourth-order valence-corrected chi connectivity index (χ4v) is 2.90. The molecule has 1 unspecified atom stereocenters. The van der Waals surface area contributed by atoms with Gasteiger partial charge in [0.1, 0.15) is 0 Å². The van der Waals surface area contributed by atoms with Crippen molar-refractivity contribution in [3.8, 4) is 0 Å². The summed E-state index contributed by atoms with van der Waals surface area (Å²) in [6.45, 7) is 6.51. The van der Waals surface area contributed by atoms with E-state index in [9.17, 15) is 4.79 Å². The zero-order valence-electron chi connectivity index (χ0n) is 12.5. The SMILES string of the molecule is CN(C(=O)CC(N)CC(C)(C)C)C1CCCCC1. The van der Waals surface area contributed by atoms with E-state index in [1.807, 2.05) is 11.9 Å². The van der Waals surface area contributed by atoms with Crippen LogP contribution < -0.4 is 5.73 Å². The number of carbonyl (C=O) groups excluding carboxylic acids is 1. The van der Waals surface area contributed by atoms with Crippen molar-refractivity contribution in [2.24, 2.45) is 11.1 Å². The van der Waals surface area contributed by atoms with Crippen molar-refractivity contribution in [3.63, 3.8) is 0 Å². The van der Waals surface area contributed by atoms with Gasteiger partial charge in [-0.3, -0.25) is 4.79 Å². The molecule has 18 heavy (non-hydrogen) atoms. The summed E-state index contributed by atoms with van der Waals surface area (Å²) in [5.41, 5.74) is 6.28. The third-order valence-corrected chi connectivity index (χ3v) is 3.83. The molecule has 0 aromatic heterocycles.